The molecule has 2 N–H and O–H groups in total. The molecule has 1 rings (SSSR count). The summed E-state index contributed by atoms with van der Waals surface area (Å²) in [7, 11) is -3.12. The van der Waals surface area contributed by atoms with E-state index in [9.17, 15) is 22.8 Å². The summed E-state index contributed by atoms with van der Waals surface area (Å²) in [5, 5.41) is 17.2. The number of aliphatic carboxylic acids is 2. The van der Waals surface area contributed by atoms with Gasteiger partial charge in [0.25, 0.3) is 0 Å². The maximum atomic E-state index is 11.8. The van der Waals surface area contributed by atoms with Crippen LogP contribution in [0.15, 0.2) is 0 Å². The molecule has 0 saturated carbocycles. The summed E-state index contributed by atoms with van der Waals surface area (Å²) in [6.07, 6.45) is 0.210. The van der Waals surface area contributed by atoms with E-state index < -0.39 is 40.8 Å². The number of carbonyl (C=O) groups excluding carboxylic acids is 1. The highest BCUT2D eigenvalue weighted by Crippen LogP contribution is 2.22. The second kappa shape index (κ2) is 6.00. The van der Waals surface area contributed by atoms with Crippen molar-refractivity contribution in [3.8, 4) is 0 Å². The van der Waals surface area contributed by atoms with Crippen LogP contribution in [0.2, 0.25) is 0 Å². The minimum atomic E-state index is -3.12. The third-order valence-electron chi connectivity index (χ3n) is 2.79. The smallest absolute Gasteiger partial charge is 0.323 e. The molecular formula is C10H15NO7S. The van der Waals surface area contributed by atoms with Crippen molar-refractivity contribution in [3.05, 3.63) is 0 Å². The Morgan fingerprint density at radius 2 is 1.63 bits per heavy atom. The maximum absolute atomic E-state index is 11.8. The summed E-state index contributed by atoms with van der Waals surface area (Å²) in [5.74, 6) is -3.72. The van der Waals surface area contributed by atoms with Crippen LogP contribution in [0.4, 0.5) is 0 Å². The third kappa shape index (κ3) is 5.25. The maximum Gasteiger partial charge on any atom is 0.323 e. The lowest BCUT2D eigenvalue weighted by atomic mass is 10.0. The Labute approximate surface area is 109 Å². The van der Waals surface area contributed by atoms with E-state index in [0.29, 0.717) is 11.3 Å². The fraction of sp³-hybridized carbons (Fsp3) is 0.700. The van der Waals surface area contributed by atoms with Crippen LogP contribution in [0.5, 0.6) is 0 Å². The van der Waals surface area contributed by atoms with Crippen LogP contribution < -0.4 is 0 Å². The van der Waals surface area contributed by atoms with Crippen LogP contribution in [-0.4, -0.2) is 66.0 Å². The van der Waals surface area contributed by atoms with Gasteiger partial charge < -0.3 is 15.1 Å². The zero-order chi connectivity index (χ0) is 14.6. The van der Waals surface area contributed by atoms with E-state index in [2.05, 4.69) is 0 Å². The van der Waals surface area contributed by atoms with Crippen molar-refractivity contribution in [2.75, 3.05) is 24.6 Å². The molecule has 0 radical (unpaired) electrons. The van der Waals surface area contributed by atoms with E-state index in [1.165, 1.54) is 0 Å². The Morgan fingerprint density at radius 1 is 1.11 bits per heavy atom. The van der Waals surface area contributed by atoms with Crippen LogP contribution in [0.25, 0.3) is 0 Å². The van der Waals surface area contributed by atoms with Crippen molar-refractivity contribution in [2.45, 2.75) is 12.8 Å². The van der Waals surface area contributed by atoms with Gasteiger partial charge in [-0.3, -0.25) is 14.4 Å². The standard InChI is InChI=1S/C10H15NO7S/c12-8(3-7-1-2-19(17,18)6-7)11(4-9(13)14)5-10(15)16/h7H,1-6H2,(H,13,14)(H,15,16). The van der Waals surface area contributed by atoms with Crippen molar-refractivity contribution in [2.24, 2.45) is 5.92 Å². The number of carboxylic acids is 2. The fourth-order valence-corrected chi connectivity index (χ4v) is 3.83. The van der Waals surface area contributed by atoms with E-state index in [1.807, 2.05) is 0 Å². The molecule has 0 aromatic carbocycles. The molecule has 8 nitrogen and oxygen atoms in total. The molecular weight excluding hydrogens is 278 g/mol. The van der Waals surface area contributed by atoms with Crippen LogP contribution in [-0.2, 0) is 24.2 Å². The van der Waals surface area contributed by atoms with Gasteiger partial charge in [0.05, 0.1) is 11.5 Å². The van der Waals surface area contributed by atoms with Gasteiger partial charge in [-0.2, -0.15) is 0 Å². The Bertz CT molecular complexity index is 468. The van der Waals surface area contributed by atoms with Crippen molar-refractivity contribution >= 4 is 27.7 Å². The lowest BCUT2D eigenvalue weighted by Gasteiger charge is -2.19. The summed E-state index contributed by atoms with van der Waals surface area (Å²) in [5.41, 5.74) is 0. The van der Waals surface area contributed by atoms with Crippen LogP contribution in [0, 0.1) is 5.92 Å². The topological polar surface area (TPSA) is 129 Å². The number of rotatable bonds is 6. The average molecular weight is 293 g/mol. The Balaban J connectivity index is 2.61. The molecule has 1 heterocycles. The van der Waals surface area contributed by atoms with Gasteiger partial charge in [-0.1, -0.05) is 0 Å². The monoisotopic (exact) mass is 293 g/mol. The molecule has 1 atom stereocenters. The first-order chi connectivity index (χ1) is 8.69. The first-order valence-corrected chi connectivity index (χ1v) is 7.43. The molecule has 9 heteroatoms. The van der Waals surface area contributed by atoms with Crippen LogP contribution in [0.1, 0.15) is 12.8 Å². The molecule has 1 aliphatic heterocycles. The van der Waals surface area contributed by atoms with Gasteiger partial charge in [-0.05, 0) is 12.3 Å². The molecule has 19 heavy (non-hydrogen) atoms. The molecule has 1 amide bonds. The molecule has 1 unspecified atom stereocenters. The van der Waals surface area contributed by atoms with Gasteiger partial charge in [0, 0.05) is 6.42 Å². The normalized spacial score (nSPS) is 20.9. The fourth-order valence-electron chi connectivity index (χ4n) is 1.97. The lowest BCUT2D eigenvalue weighted by molar-refractivity contribution is -0.149. The number of hydrogen-bond acceptors (Lipinski definition) is 5. The van der Waals surface area contributed by atoms with E-state index in [-0.39, 0.29) is 23.8 Å². The van der Waals surface area contributed by atoms with Crippen molar-refractivity contribution in [1.29, 1.82) is 0 Å². The van der Waals surface area contributed by atoms with Crippen LogP contribution in [0.3, 0.4) is 0 Å². The van der Waals surface area contributed by atoms with Gasteiger partial charge in [0.2, 0.25) is 5.91 Å². The quantitative estimate of drug-likeness (QED) is 0.629. The highest BCUT2D eigenvalue weighted by molar-refractivity contribution is 7.91. The lowest BCUT2D eigenvalue weighted by Crippen LogP contribution is -2.40. The summed E-state index contributed by atoms with van der Waals surface area (Å²) < 4.78 is 22.5. The second-order valence-electron chi connectivity index (χ2n) is 4.51. The third-order valence-corrected chi connectivity index (χ3v) is 4.63. The Morgan fingerprint density at radius 3 is 2.00 bits per heavy atom. The zero-order valence-corrected chi connectivity index (χ0v) is 10.9. The average Bonchev–Trinajstić information content (AvgIpc) is 2.55. The minimum Gasteiger partial charge on any atom is -0.480 e. The molecule has 0 aromatic rings. The van der Waals surface area contributed by atoms with E-state index >= 15 is 0 Å². The van der Waals surface area contributed by atoms with Gasteiger partial charge >= 0.3 is 11.9 Å². The minimum absolute atomic E-state index is 0.0167. The SMILES string of the molecule is O=C(O)CN(CC(=O)O)C(=O)CC1CCS(=O)(=O)C1. The van der Waals surface area contributed by atoms with Gasteiger partial charge in [0.1, 0.15) is 13.1 Å². The van der Waals surface area contributed by atoms with Crippen molar-refractivity contribution < 1.29 is 33.0 Å². The molecule has 1 fully saturated rings. The Kier molecular flexibility index (Phi) is 4.87. The molecule has 1 aliphatic rings. The van der Waals surface area contributed by atoms with Crippen molar-refractivity contribution in [1.82, 2.24) is 4.90 Å². The number of carbonyl (C=O) groups is 3. The predicted molar refractivity (Wildman–Crippen MR) is 63.2 cm³/mol. The van der Waals surface area contributed by atoms with Crippen molar-refractivity contribution in [3.63, 3.8) is 0 Å². The number of amides is 1. The summed E-state index contributed by atoms with van der Waals surface area (Å²) in [6.45, 7) is -1.41. The van der Waals surface area contributed by atoms with E-state index in [1.54, 1.807) is 0 Å². The number of nitrogens with zero attached hydrogens (tertiary/aromatic N) is 1. The molecule has 0 spiro atoms. The number of hydrogen-bond donors (Lipinski definition) is 2. The Hall–Kier alpha value is -1.64. The molecule has 0 aromatic heterocycles. The number of sulfone groups is 1. The highest BCUT2D eigenvalue weighted by atomic mass is 32.2. The number of carboxylic acid groups (broad SMARTS) is 2. The van der Waals surface area contributed by atoms with Gasteiger partial charge in [0.15, 0.2) is 9.84 Å². The summed E-state index contributed by atoms with van der Waals surface area (Å²) in [6, 6.07) is 0. The summed E-state index contributed by atoms with van der Waals surface area (Å²) in [4.78, 5) is 33.6. The highest BCUT2D eigenvalue weighted by Gasteiger charge is 2.31. The molecule has 1 saturated heterocycles. The zero-order valence-electron chi connectivity index (χ0n) is 10.1. The van der Waals surface area contributed by atoms with E-state index in [4.69, 9.17) is 10.2 Å². The molecule has 108 valence electrons. The van der Waals surface area contributed by atoms with Gasteiger partial charge in [-0.25, -0.2) is 8.42 Å². The largest absolute Gasteiger partial charge is 0.480 e. The van der Waals surface area contributed by atoms with Crippen LogP contribution >= 0.6 is 0 Å². The van der Waals surface area contributed by atoms with E-state index in [0.717, 1.165) is 0 Å². The second-order valence-corrected chi connectivity index (χ2v) is 6.74. The molecule has 0 bridgehead atoms. The summed E-state index contributed by atoms with van der Waals surface area (Å²) >= 11 is 0. The first-order valence-electron chi connectivity index (χ1n) is 5.61. The predicted octanol–water partition coefficient (Wildman–Crippen LogP) is -1.19. The first kappa shape index (κ1) is 15.4. The molecule has 0 aliphatic carbocycles. The van der Waals surface area contributed by atoms with Gasteiger partial charge in [-0.15, -0.1) is 0 Å².